The van der Waals surface area contributed by atoms with Crippen LogP contribution in [-0.4, -0.2) is 59.5 Å². The molecule has 3 amide bonds. The number of amides is 3. The van der Waals surface area contributed by atoms with Crippen LogP contribution in [0.3, 0.4) is 0 Å². The average Bonchev–Trinajstić information content (AvgIpc) is 2.73. The number of carbonyl (C=O) groups excluding carboxylic acids is 3. The van der Waals surface area contributed by atoms with Gasteiger partial charge in [-0.25, -0.2) is 4.79 Å². The van der Waals surface area contributed by atoms with Gasteiger partial charge in [0.05, 0.1) is 6.04 Å². The molecule has 10 nitrogen and oxygen atoms in total. The maximum absolute atomic E-state index is 12.9. The lowest BCUT2D eigenvalue weighted by atomic mass is 9.95. The molecule has 0 rings (SSSR count). The maximum Gasteiger partial charge on any atom is 0.326 e. The van der Waals surface area contributed by atoms with E-state index in [1.165, 1.54) is 6.92 Å². The van der Waals surface area contributed by atoms with E-state index in [0.717, 1.165) is 0 Å². The Bertz CT molecular complexity index is 599. The lowest BCUT2D eigenvalue weighted by Gasteiger charge is -2.29. The van der Waals surface area contributed by atoms with Crippen molar-refractivity contribution in [2.75, 3.05) is 6.54 Å². The molecule has 0 aliphatic heterocycles. The Morgan fingerprint density at radius 3 is 1.77 bits per heavy atom. The number of nitrogens with one attached hydrogen (secondary N) is 3. The molecule has 0 aromatic carbocycles. The van der Waals surface area contributed by atoms with Gasteiger partial charge in [-0.3, -0.25) is 14.4 Å². The Kier molecular flexibility index (Phi) is 13.7. The Morgan fingerprint density at radius 2 is 1.32 bits per heavy atom. The number of hydrogen-bond acceptors (Lipinski definition) is 6. The molecule has 0 aromatic rings. The summed E-state index contributed by atoms with van der Waals surface area (Å²) in [5, 5.41) is 17.4. The molecule has 0 spiro atoms. The standard InChI is InChI=1S/C21H41N5O5/c1-6-12(3)16(20(29)26-17(21(30)31)13(4)7-2)25-19(28)15(10-8-9-11-22)24-18(27)14(5)23/h12-17H,6-11,22-23H2,1-5H3,(H,24,27)(H,25,28)(H,26,29)(H,30,31). The van der Waals surface area contributed by atoms with Gasteiger partial charge in [-0.15, -0.1) is 0 Å². The normalized spacial score (nSPS) is 16.9. The minimum absolute atomic E-state index is 0.246. The summed E-state index contributed by atoms with van der Waals surface area (Å²) < 4.78 is 0. The van der Waals surface area contributed by atoms with E-state index in [2.05, 4.69) is 16.0 Å². The Balaban J connectivity index is 5.50. The molecule has 0 bridgehead atoms. The van der Waals surface area contributed by atoms with Gasteiger partial charge in [-0.1, -0.05) is 40.5 Å². The molecule has 0 saturated carbocycles. The third-order valence-electron chi connectivity index (χ3n) is 5.56. The second-order valence-electron chi connectivity index (χ2n) is 8.22. The van der Waals surface area contributed by atoms with Gasteiger partial charge in [0.1, 0.15) is 18.1 Å². The van der Waals surface area contributed by atoms with Crippen molar-refractivity contribution in [3.63, 3.8) is 0 Å². The molecule has 8 N–H and O–H groups in total. The van der Waals surface area contributed by atoms with Crippen molar-refractivity contribution in [1.82, 2.24) is 16.0 Å². The predicted molar refractivity (Wildman–Crippen MR) is 119 cm³/mol. The zero-order valence-corrected chi connectivity index (χ0v) is 19.4. The highest BCUT2D eigenvalue weighted by Gasteiger charge is 2.33. The minimum atomic E-state index is -1.12. The SMILES string of the molecule is CCC(C)C(NC(=O)C(NC(=O)C(CCCCN)NC(=O)C(C)N)C(C)CC)C(=O)O. The van der Waals surface area contributed by atoms with Crippen LogP contribution in [0.4, 0.5) is 0 Å². The molecule has 0 radical (unpaired) electrons. The van der Waals surface area contributed by atoms with Gasteiger partial charge < -0.3 is 32.5 Å². The lowest BCUT2D eigenvalue weighted by Crippen LogP contribution is -2.59. The summed E-state index contributed by atoms with van der Waals surface area (Å²) in [5.41, 5.74) is 11.1. The van der Waals surface area contributed by atoms with Crippen LogP contribution in [0.2, 0.25) is 0 Å². The topological polar surface area (TPSA) is 177 Å². The predicted octanol–water partition coefficient (Wildman–Crippen LogP) is 0.0938. The number of carboxylic acids is 1. The third kappa shape index (κ3) is 10.1. The molecule has 0 saturated heterocycles. The van der Waals surface area contributed by atoms with Crippen molar-refractivity contribution in [2.24, 2.45) is 23.3 Å². The first kappa shape index (κ1) is 28.8. The number of aliphatic carboxylic acids is 1. The number of nitrogens with two attached hydrogens (primary N) is 2. The first-order chi connectivity index (χ1) is 14.5. The van der Waals surface area contributed by atoms with Gasteiger partial charge in [0.25, 0.3) is 0 Å². The summed E-state index contributed by atoms with van der Waals surface area (Å²) in [5.74, 6) is -3.19. The number of carbonyl (C=O) groups is 4. The van der Waals surface area contributed by atoms with Gasteiger partial charge in [-0.2, -0.15) is 0 Å². The zero-order valence-electron chi connectivity index (χ0n) is 19.4. The van der Waals surface area contributed by atoms with Crippen LogP contribution >= 0.6 is 0 Å². The van der Waals surface area contributed by atoms with Crippen molar-refractivity contribution in [2.45, 2.75) is 90.9 Å². The van der Waals surface area contributed by atoms with E-state index in [0.29, 0.717) is 38.6 Å². The Morgan fingerprint density at radius 1 is 0.806 bits per heavy atom. The highest BCUT2D eigenvalue weighted by atomic mass is 16.4. The van der Waals surface area contributed by atoms with E-state index >= 15 is 0 Å². The van der Waals surface area contributed by atoms with Crippen LogP contribution in [0.5, 0.6) is 0 Å². The molecule has 0 aromatic heterocycles. The first-order valence-electron chi connectivity index (χ1n) is 11.1. The van der Waals surface area contributed by atoms with E-state index in [9.17, 15) is 24.3 Å². The van der Waals surface area contributed by atoms with Crippen molar-refractivity contribution in [3.05, 3.63) is 0 Å². The fourth-order valence-electron chi connectivity index (χ4n) is 2.95. The molecule has 180 valence electrons. The summed E-state index contributed by atoms with van der Waals surface area (Å²) in [6.07, 6.45) is 2.81. The molecule has 6 unspecified atom stereocenters. The lowest BCUT2D eigenvalue weighted by molar-refractivity contribution is -0.144. The summed E-state index contributed by atoms with van der Waals surface area (Å²) in [4.78, 5) is 49.5. The van der Waals surface area contributed by atoms with Crippen molar-refractivity contribution in [3.8, 4) is 0 Å². The largest absolute Gasteiger partial charge is 0.480 e. The van der Waals surface area contributed by atoms with Gasteiger partial charge in [0.15, 0.2) is 0 Å². The molecular weight excluding hydrogens is 402 g/mol. The van der Waals surface area contributed by atoms with Crippen molar-refractivity contribution >= 4 is 23.7 Å². The van der Waals surface area contributed by atoms with Gasteiger partial charge in [-0.05, 0) is 44.6 Å². The molecule has 6 atom stereocenters. The molecule has 0 fully saturated rings. The highest BCUT2D eigenvalue weighted by molar-refractivity contribution is 5.94. The molecule has 10 heteroatoms. The quantitative estimate of drug-likeness (QED) is 0.194. The van der Waals surface area contributed by atoms with Gasteiger partial charge in [0.2, 0.25) is 17.7 Å². The number of unbranched alkanes of at least 4 members (excludes halogenated alkanes) is 1. The number of rotatable bonds is 15. The van der Waals surface area contributed by atoms with Crippen molar-refractivity contribution < 1.29 is 24.3 Å². The zero-order chi connectivity index (χ0) is 24.1. The second kappa shape index (κ2) is 14.7. The van der Waals surface area contributed by atoms with E-state index < -0.39 is 47.9 Å². The monoisotopic (exact) mass is 443 g/mol. The number of hydrogen-bond donors (Lipinski definition) is 6. The molecule has 31 heavy (non-hydrogen) atoms. The summed E-state index contributed by atoms with van der Waals surface area (Å²) in [6, 6.07) is -3.65. The fraction of sp³-hybridized carbons (Fsp3) is 0.810. The van der Waals surface area contributed by atoms with Crippen LogP contribution in [0.25, 0.3) is 0 Å². The minimum Gasteiger partial charge on any atom is -0.480 e. The highest BCUT2D eigenvalue weighted by Crippen LogP contribution is 2.13. The summed E-state index contributed by atoms with van der Waals surface area (Å²) >= 11 is 0. The van der Waals surface area contributed by atoms with Gasteiger partial charge in [0, 0.05) is 0 Å². The number of carboxylic acid groups (broad SMARTS) is 1. The first-order valence-corrected chi connectivity index (χ1v) is 11.1. The van der Waals surface area contributed by atoms with Crippen LogP contribution in [0.15, 0.2) is 0 Å². The van der Waals surface area contributed by atoms with Crippen LogP contribution in [-0.2, 0) is 19.2 Å². The van der Waals surface area contributed by atoms with Crippen LogP contribution < -0.4 is 27.4 Å². The summed E-state index contributed by atoms with van der Waals surface area (Å²) in [6.45, 7) is 9.23. The second-order valence-corrected chi connectivity index (χ2v) is 8.22. The Labute approximate surface area is 185 Å². The maximum atomic E-state index is 12.9. The molecular formula is C21H41N5O5. The molecule has 0 aliphatic carbocycles. The molecule has 0 heterocycles. The van der Waals surface area contributed by atoms with E-state index in [1.54, 1.807) is 13.8 Å². The fourth-order valence-corrected chi connectivity index (χ4v) is 2.95. The van der Waals surface area contributed by atoms with E-state index in [4.69, 9.17) is 11.5 Å². The van der Waals surface area contributed by atoms with Gasteiger partial charge >= 0.3 is 5.97 Å². The summed E-state index contributed by atoms with van der Waals surface area (Å²) in [7, 11) is 0. The van der Waals surface area contributed by atoms with E-state index in [-0.39, 0.29) is 11.8 Å². The molecule has 0 aliphatic rings. The van der Waals surface area contributed by atoms with Crippen LogP contribution in [0, 0.1) is 11.8 Å². The Hall–Kier alpha value is -2.20. The average molecular weight is 444 g/mol. The van der Waals surface area contributed by atoms with Crippen LogP contribution in [0.1, 0.15) is 66.7 Å². The third-order valence-corrected chi connectivity index (χ3v) is 5.56. The van der Waals surface area contributed by atoms with Crippen molar-refractivity contribution in [1.29, 1.82) is 0 Å². The smallest absolute Gasteiger partial charge is 0.326 e. The van der Waals surface area contributed by atoms with E-state index in [1.807, 2.05) is 13.8 Å².